The van der Waals surface area contributed by atoms with Gasteiger partial charge in [-0.25, -0.2) is 9.59 Å². The fourth-order valence-corrected chi connectivity index (χ4v) is 5.07. The van der Waals surface area contributed by atoms with Gasteiger partial charge in [0.25, 0.3) is 0 Å². The lowest BCUT2D eigenvalue weighted by Crippen LogP contribution is -2.48. The van der Waals surface area contributed by atoms with Gasteiger partial charge in [0.2, 0.25) is 5.91 Å². The van der Waals surface area contributed by atoms with E-state index in [1.807, 2.05) is 24.3 Å². The molecule has 1 unspecified atom stereocenters. The molecule has 1 atom stereocenters. The minimum absolute atomic E-state index is 0.0587. The van der Waals surface area contributed by atoms with Crippen molar-refractivity contribution in [3.8, 4) is 11.1 Å². The predicted molar refractivity (Wildman–Crippen MR) is 132 cm³/mol. The van der Waals surface area contributed by atoms with Crippen LogP contribution in [0.4, 0.5) is 10.5 Å². The van der Waals surface area contributed by atoms with Crippen LogP contribution in [0.25, 0.3) is 11.1 Å². The first-order valence-electron chi connectivity index (χ1n) is 11.7. The summed E-state index contributed by atoms with van der Waals surface area (Å²) >= 11 is 0. The number of aromatic carboxylic acids is 1. The number of hydrogen-bond donors (Lipinski definition) is 2. The maximum atomic E-state index is 13.1. The first kappa shape index (κ1) is 22.7. The zero-order valence-corrected chi connectivity index (χ0v) is 19.4. The quantitative estimate of drug-likeness (QED) is 0.569. The van der Waals surface area contributed by atoms with E-state index in [1.54, 1.807) is 24.0 Å². The third-order valence-electron chi connectivity index (χ3n) is 6.76. The predicted octanol–water partition coefficient (Wildman–Crippen LogP) is 4.59. The summed E-state index contributed by atoms with van der Waals surface area (Å²) < 4.78 is 5.57. The molecule has 1 aliphatic heterocycles. The molecule has 7 heteroatoms. The first-order valence-corrected chi connectivity index (χ1v) is 11.7. The molecule has 3 aromatic rings. The summed E-state index contributed by atoms with van der Waals surface area (Å²) in [5.41, 5.74) is 6.24. The Bertz CT molecular complexity index is 1270. The Balaban J connectivity index is 1.24. The van der Waals surface area contributed by atoms with Gasteiger partial charge in [-0.2, -0.15) is 0 Å². The van der Waals surface area contributed by atoms with Gasteiger partial charge >= 0.3 is 12.1 Å². The number of rotatable bonds is 5. The zero-order chi connectivity index (χ0) is 24.5. The van der Waals surface area contributed by atoms with Crippen molar-refractivity contribution in [2.75, 3.05) is 18.1 Å². The minimum atomic E-state index is -0.999. The molecule has 1 aliphatic carbocycles. The number of carbonyl (C=O) groups is 3. The maximum absolute atomic E-state index is 13.1. The fourth-order valence-electron chi connectivity index (χ4n) is 5.07. The summed E-state index contributed by atoms with van der Waals surface area (Å²) in [5.74, 6) is -1.32. The number of aryl methyl sites for hydroxylation is 1. The number of nitrogens with zero attached hydrogens (tertiary/aromatic N) is 1. The number of amides is 2. The van der Waals surface area contributed by atoms with Gasteiger partial charge in [0.1, 0.15) is 12.6 Å². The molecule has 0 fully saturated rings. The highest BCUT2D eigenvalue weighted by Crippen LogP contribution is 2.44. The van der Waals surface area contributed by atoms with Crippen molar-refractivity contribution in [2.45, 2.75) is 31.7 Å². The number of nitrogens with one attached hydrogen (secondary N) is 1. The van der Waals surface area contributed by atoms with Gasteiger partial charge in [0, 0.05) is 18.2 Å². The number of fused-ring (bicyclic) bond motifs is 4. The second-order valence-electron chi connectivity index (χ2n) is 8.93. The molecule has 1 heterocycles. The smallest absolute Gasteiger partial charge is 0.407 e. The summed E-state index contributed by atoms with van der Waals surface area (Å²) in [7, 11) is 0. The Morgan fingerprint density at radius 3 is 2.34 bits per heavy atom. The molecule has 0 bridgehead atoms. The summed E-state index contributed by atoms with van der Waals surface area (Å²) in [6.07, 6.45) is 0.777. The summed E-state index contributed by atoms with van der Waals surface area (Å²) in [5, 5.41) is 11.9. The van der Waals surface area contributed by atoms with Crippen molar-refractivity contribution in [1.82, 2.24) is 5.32 Å². The van der Waals surface area contributed by atoms with Crippen LogP contribution in [0.1, 0.15) is 46.3 Å². The van der Waals surface area contributed by atoms with Crippen molar-refractivity contribution in [3.63, 3.8) is 0 Å². The average molecular weight is 471 g/mol. The molecule has 5 rings (SSSR count). The van der Waals surface area contributed by atoms with Crippen LogP contribution in [0.15, 0.2) is 66.7 Å². The molecular formula is C28H26N2O5. The van der Waals surface area contributed by atoms with E-state index in [-0.39, 0.29) is 24.0 Å². The topological polar surface area (TPSA) is 95.9 Å². The molecule has 7 nitrogen and oxygen atoms in total. The summed E-state index contributed by atoms with van der Waals surface area (Å²) in [6, 6.07) is 20.2. The highest BCUT2D eigenvalue weighted by atomic mass is 16.5. The van der Waals surface area contributed by atoms with Crippen molar-refractivity contribution in [1.29, 1.82) is 0 Å². The van der Waals surface area contributed by atoms with Gasteiger partial charge in [0.15, 0.2) is 0 Å². The van der Waals surface area contributed by atoms with Gasteiger partial charge in [-0.3, -0.25) is 4.79 Å². The highest BCUT2D eigenvalue weighted by molar-refractivity contribution is 6.00. The van der Waals surface area contributed by atoms with Crippen LogP contribution >= 0.6 is 0 Å². The Labute approximate surface area is 203 Å². The normalized spacial score (nSPS) is 14.9. The third kappa shape index (κ3) is 4.25. The SMILES string of the molecule is CC(NC(=O)OCC1c2ccccc2-c2ccccc21)C(=O)N1CCCc2cc(C(=O)O)ccc21. The van der Waals surface area contributed by atoms with Crippen molar-refractivity contribution in [2.24, 2.45) is 0 Å². The van der Waals surface area contributed by atoms with Crippen LogP contribution < -0.4 is 10.2 Å². The highest BCUT2D eigenvalue weighted by Gasteiger charge is 2.31. The Morgan fingerprint density at radius 2 is 1.69 bits per heavy atom. The molecule has 0 spiro atoms. The largest absolute Gasteiger partial charge is 0.478 e. The Kier molecular flexibility index (Phi) is 5.99. The van der Waals surface area contributed by atoms with E-state index in [4.69, 9.17) is 4.74 Å². The number of carbonyl (C=O) groups excluding carboxylic acids is 2. The molecule has 2 aliphatic rings. The molecule has 0 saturated heterocycles. The zero-order valence-electron chi connectivity index (χ0n) is 19.4. The van der Waals surface area contributed by atoms with E-state index < -0.39 is 18.1 Å². The van der Waals surface area contributed by atoms with Gasteiger partial charge in [-0.1, -0.05) is 48.5 Å². The molecule has 0 saturated carbocycles. The molecule has 178 valence electrons. The number of carboxylic acids is 1. The van der Waals surface area contributed by atoms with Gasteiger partial charge in [0.05, 0.1) is 5.56 Å². The van der Waals surface area contributed by atoms with Gasteiger partial charge in [-0.15, -0.1) is 0 Å². The lowest BCUT2D eigenvalue weighted by molar-refractivity contribution is -0.120. The first-order chi connectivity index (χ1) is 16.9. The van der Waals surface area contributed by atoms with E-state index >= 15 is 0 Å². The molecule has 0 radical (unpaired) electrons. The molecule has 0 aromatic heterocycles. The molecule has 2 amide bonds. The minimum Gasteiger partial charge on any atom is -0.478 e. The Morgan fingerprint density at radius 1 is 1.03 bits per heavy atom. The van der Waals surface area contributed by atoms with Crippen LogP contribution in [0.2, 0.25) is 0 Å². The lowest BCUT2D eigenvalue weighted by atomic mass is 9.98. The number of hydrogen-bond acceptors (Lipinski definition) is 4. The molecule has 2 N–H and O–H groups in total. The van der Waals surface area contributed by atoms with Crippen molar-refractivity contribution >= 4 is 23.7 Å². The lowest BCUT2D eigenvalue weighted by Gasteiger charge is -2.31. The van der Waals surface area contributed by atoms with E-state index in [2.05, 4.69) is 29.6 Å². The van der Waals surface area contributed by atoms with E-state index in [9.17, 15) is 19.5 Å². The van der Waals surface area contributed by atoms with E-state index in [0.29, 0.717) is 18.7 Å². The maximum Gasteiger partial charge on any atom is 0.407 e. The van der Waals surface area contributed by atoms with Crippen LogP contribution in [-0.4, -0.2) is 42.3 Å². The van der Waals surface area contributed by atoms with Crippen molar-refractivity contribution in [3.05, 3.63) is 89.0 Å². The third-order valence-corrected chi connectivity index (χ3v) is 6.76. The molecular weight excluding hydrogens is 444 g/mol. The van der Waals surface area contributed by atoms with Crippen LogP contribution in [0.3, 0.4) is 0 Å². The number of alkyl carbamates (subject to hydrolysis) is 1. The number of benzene rings is 3. The fraction of sp³-hybridized carbons (Fsp3) is 0.250. The summed E-state index contributed by atoms with van der Waals surface area (Å²) in [4.78, 5) is 38.7. The second kappa shape index (κ2) is 9.25. The number of anilines is 1. The Hall–Kier alpha value is -4.13. The second-order valence-corrected chi connectivity index (χ2v) is 8.93. The summed E-state index contributed by atoms with van der Waals surface area (Å²) in [6.45, 7) is 2.31. The van der Waals surface area contributed by atoms with Crippen LogP contribution in [-0.2, 0) is 16.0 Å². The number of carboxylic acid groups (broad SMARTS) is 1. The monoisotopic (exact) mass is 470 g/mol. The van der Waals surface area contributed by atoms with Gasteiger partial charge < -0.3 is 20.1 Å². The molecule has 35 heavy (non-hydrogen) atoms. The van der Waals surface area contributed by atoms with E-state index in [0.717, 1.165) is 34.2 Å². The van der Waals surface area contributed by atoms with E-state index in [1.165, 1.54) is 6.07 Å². The van der Waals surface area contributed by atoms with Gasteiger partial charge in [-0.05, 0) is 65.8 Å². The van der Waals surface area contributed by atoms with Crippen LogP contribution in [0.5, 0.6) is 0 Å². The molecule has 3 aromatic carbocycles. The van der Waals surface area contributed by atoms with Crippen LogP contribution in [0, 0.1) is 0 Å². The average Bonchev–Trinajstić information content (AvgIpc) is 3.20. The standard InChI is InChI=1S/C28H26N2O5/c1-17(26(31)30-14-6-7-18-15-19(27(32)33)12-13-25(18)30)29-28(34)35-16-24-22-10-4-2-8-20(22)21-9-3-5-11-23(21)24/h2-5,8-13,15,17,24H,6-7,14,16H2,1H3,(H,29,34)(H,32,33). The number of ether oxygens (including phenoxy) is 1. The van der Waals surface area contributed by atoms with Crippen molar-refractivity contribution < 1.29 is 24.2 Å².